The van der Waals surface area contributed by atoms with E-state index in [4.69, 9.17) is 4.74 Å². The first-order valence-corrected chi connectivity index (χ1v) is 6.62. The molecule has 4 heteroatoms. The molecule has 1 fully saturated rings. The molecule has 4 nitrogen and oxygen atoms in total. The summed E-state index contributed by atoms with van der Waals surface area (Å²) in [6, 6.07) is 10.8. The molecule has 0 aliphatic carbocycles. The molecule has 1 heterocycles. The number of ether oxygens (including phenoxy) is 1. The molecule has 1 aromatic rings. The highest BCUT2D eigenvalue weighted by atomic mass is 16.5. The first kappa shape index (κ1) is 13.5. The molecule has 1 unspecified atom stereocenters. The van der Waals surface area contributed by atoms with Gasteiger partial charge >= 0.3 is 0 Å². The standard InChI is InChI=1S/C14H23N3O/c1-12(2)10-18-11-14-9-17(16-15-14)8-13-6-4-3-5-7-13/h3-7,12,14-16H,8-11H2,1-2H3. The molecule has 1 aliphatic rings. The van der Waals surface area contributed by atoms with Crippen LogP contribution in [0.2, 0.25) is 0 Å². The van der Waals surface area contributed by atoms with E-state index >= 15 is 0 Å². The van der Waals surface area contributed by atoms with Crippen LogP contribution in [0.15, 0.2) is 30.3 Å². The van der Waals surface area contributed by atoms with E-state index in [0.29, 0.717) is 12.0 Å². The zero-order valence-corrected chi connectivity index (χ0v) is 11.2. The summed E-state index contributed by atoms with van der Waals surface area (Å²) in [5.41, 5.74) is 7.76. The lowest BCUT2D eigenvalue weighted by Gasteiger charge is -2.14. The SMILES string of the molecule is CC(C)COCC1CN(Cc2ccccc2)NN1. The Labute approximate surface area is 109 Å². The first-order valence-electron chi connectivity index (χ1n) is 6.62. The zero-order valence-electron chi connectivity index (χ0n) is 11.2. The van der Waals surface area contributed by atoms with Crippen LogP contribution in [0.25, 0.3) is 0 Å². The van der Waals surface area contributed by atoms with E-state index in [1.807, 2.05) is 6.07 Å². The fourth-order valence-corrected chi connectivity index (χ4v) is 1.99. The highest BCUT2D eigenvalue weighted by Gasteiger charge is 2.21. The minimum absolute atomic E-state index is 0.368. The highest BCUT2D eigenvalue weighted by molar-refractivity contribution is 5.14. The molecular formula is C14H23N3O. The molecule has 0 spiro atoms. The van der Waals surface area contributed by atoms with Crippen LogP contribution in [-0.2, 0) is 11.3 Å². The molecule has 2 N–H and O–H groups in total. The molecule has 0 bridgehead atoms. The number of rotatable bonds is 6. The normalized spacial score (nSPS) is 20.7. The van der Waals surface area contributed by atoms with E-state index in [9.17, 15) is 0 Å². The predicted octanol–water partition coefficient (Wildman–Crippen LogP) is 1.55. The quantitative estimate of drug-likeness (QED) is 0.802. The Morgan fingerprint density at radius 1 is 1.33 bits per heavy atom. The lowest BCUT2D eigenvalue weighted by Crippen LogP contribution is -2.37. The third-order valence-corrected chi connectivity index (χ3v) is 2.85. The highest BCUT2D eigenvalue weighted by Crippen LogP contribution is 2.06. The van der Waals surface area contributed by atoms with Crippen LogP contribution in [0, 0.1) is 5.92 Å². The van der Waals surface area contributed by atoms with E-state index in [1.165, 1.54) is 5.56 Å². The topological polar surface area (TPSA) is 36.5 Å². The number of nitrogens with one attached hydrogen (secondary N) is 2. The van der Waals surface area contributed by atoms with Crippen molar-refractivity contribution in [3.8, 4) is 0 Å². The smallest absolute Gasteiger partial charge is 0.0646 e. The van der Waals surface area contributed by atoms with Crippen molar-refractivity contribution in [2.24, 2.45) is 5.92 Å². The van der Waals surface area contributed by atoms with Crippen molar-refractivity contribution in [1.29, 1.82) is 0 Å². The van der Waals surface area contributed by atoms with Gasteiger partial charge < -0.3 is 4.74 Å². The van der Waals surface area contributed by atoms with Gasteiger partial charge in [0.15, 0.2) is 0 Å². The maximum absolute atomic E-state index is 5.65. The molecule has 0 saturated carbocycles. The van der Waals surface area contributed by atoms with Gasteiger partial charge in [0.1, 0.15) is 0 Å². The minimum atomic E-state index is 0.368. The van der Waals surface area contributed by atoms with Gasteiger partial charge in [-0.1, -0.05) is 44.2 Å². The van der Waals surface area contributed by atoms with Gasteiger partial charge in [0.25, 0.3) is 0 Å². The molecule has 1 aromatic carbocycles. The number of nitrogens with zero attached hydrogens (tertiary/aromatic N) is 1. The largest absolute Gasteiger partial charge is 0.379 e. The van der Waals surface area contributed by atoms with E-state index in [2.05, 4.69) is 54.1 Å². The van der Waals surface area contributed by atoms with Crippen molar-refractivity contribution >= 4 is 0 Å². The van der Waals surface area contributed by atoms with Crippen LogP contribution >= 0.6 is 0 Å². The molecular weight excluding hydrogens is 226 g/mol. The third-order valence-electron chi connectivity index (χ3n) is 2.85. The van der Waals surface area contributed by atoms with Crippen molar-refractivity contribution < 1.29 is 4.74 Å². The Morgan fingerprint density at radius 3 is 2.83 bits per heavy atom. The maximum Gasteiger partial charge on any atom is 0.0646 e. The summed E-state index contributed by atoms with van der Waals surface area (Å²) in [4.78, 5) is 0. The van der Waals surface area contributed by atoms with Crippen molar-refractivity contribution in [3.63, 3.8) is 0 Å². The summed E-state index contributed by atoms with van der Waals surface area (Å²) in [6.07, 6.45) is 0. The molecule has 100 valence electrons. The van der Waals surface area contributed by atoms with E-state index in [0.717, 1.165) is 26.3 Å². The van der Waals surface area contributed by atoms with Crippen LogP contribution in [0.1, 0.15) is 19.4 Å². The van der Waals surface area contributed by atoms with Crippen LogP contribution in [0.3, 0.4) is 0 Å². The van der Waals surface area contributed by atoms with E-state index in [1.54, 1.807) is 0 Å². The molecule has 0 radical (unpaired) electrons. The maximum atomic E-state index is 5.65. The van der Waals surface area contributed by atoms with Gasteiger partial charge in [-0.15, -0.1) is 0 Å². The molecule has 0 aromatic heterocycles. The number of hydrogen-bond donors (Lipinski definition) is 2. The summed E-state index contributed by atoms with van der Waals surface area (Å²) in [7, 11) is 0. The number of benzene rings is 1. The molecule has 1 atom stereocenters. The minimum Gasteiger partial charge on any atom is -0.379 e. The van der Waals surface area contributed by atoms with Gasteiger partial charge in [-0.05, 0) is 11.5 Å². The fourth-order valence-electron chi connectivity index (χ4n) is 1.99. The van der Waals surface area contributed by atoms with Gasteiger partial charge in [0.2, 0.25) is 0 Å². The Morgan fingerprint density at radius 2 is 2.11 bits per heavy atom. The lowest BCUT2D eigenvalue weighted by atomic mass is 10.2. The average Bonchev–Trinajstić information content (AvgIpc) is 2.78. The zero-order chi connectivity index (χ0) is 12.8. The van der Waals surface area contributed by atoms with Crippen LogP contribution in [-0.4, -0.2) is 30.8 Å². The van der Waals surface area contributed by atoms with Crippen LogP contribution in [0.4, 0.5) is 0 Å². The van der Waals surface area contributed by atoms with Crippen molar-refractivity contribution in [3.05, 3.63) is 35.9 Å². The average molecular weight is 249 g/mol. The van der Waals surface area contributed by atoms with Crippen molar-refractivity contribution in [2.45, 2.75) is 26.4 Å². The second-order valence-corrected chi connectivity index (χ2v) is 5.25. The summed E-state index contributed by atoms with van der Waals surface area (Å²) < 4.78 is 5.65. The molecule has 18 heavy (non-hydrogen) atoms. The van der Waals surface area contributed by atoms with Gasteiger partial charge in [-0.25, -0.2) is 10.4 Å². The second-order valence-electron chi connectivity index (χ2n) is 5.25. The number of hydrazine groups is 2. The molecule has 1 aliphatic heterocycles. The van der Waals surface area contributed by atoms with Crippen LogP contribution in [0.5, 0.6) is 0 Å². The van der Waals surface area contributed by atoms with Gasteiger partial charge in [0, 0.05) is 19.7 Å². The number of hydrogen-bond acceptors (Lipinski definition) is 4. The van der Waals surface area contributed by atoms with E-state index < -0.39 is 0 Å². The van der Waals surface area contributed by atoms with Crippen LogP contribution < -0.4 is 11.0 Å². The molecule has 1 saturated heterocycles. The summed E-state index contributed by atoms with van der Waals surface area (Å²) in [5, 5.41) is 2.18. The van der Waals surface area contributed by atoms with Crippen molar-refractivity contribution in [1.82, 2.24) is 16.0 Å². The summed E-state index contributed by atoms with van der Waals surface area (Å²) in [5.74, 6) is 0.597. The fraction of sp³-hybridized carbons (Fsp3) is 0.571. The Balaban J connectivity index is 1.69. The summed E-state index contributed by atoms with van der Waals surface area (Å²) in [6.45, 7) is 7.80. The van der Waals surface area contributed by atoms with Gasteiger partial charge in [-0.2, -0.15) is 5.53 Å². The van der Waals surface area contributed by atoms with Crippen molar-refractivity contribution in [2.75, 3.05) is 19.8 Å². The Kier molecular flexibility index (Phi) is 5.13. The lowest BCUT2D eigenvalue weighted by molar-refractivity contribution is 0.0945. The Bertz CT molecular complexity index is 342. The monoisotopic (exact) mass is 249 g/mol. The third kappa shape index (κ3) is 4.38. The van der Waals surface area contributed by atoms with Gasteiger partial charge in [-0.3, -0.25) is 0 Å². The summed E-state index contributed by atoms with van der Waals surface area (Å²) >= 11 is 0. The van der Waals surface area contributed by atoms with Gasteiger partial charge in [0.05, 0.1) is 12.6 Å². The molecule has 0 amide bonds. The molecule has 2 rings (SSSR count). The second kappa shape index (κ2) is 6.85. The Hall–Kier alpha value is -0.940. The van der Waals surface area contributed by atoms with E-state index in [-0.39, 0.29) is 0 Å². The predicted molar refractivity (Wildman–Crippen MR) is 72.6 cm³/mol. The first-order chi connectivity index (χ1) is 8.74.